The van der Waals surface area contributed by atoms with E-state index in [2.05, 4.69) is 24.1 Å². The van der Waals surface area contributed by atoms with Crippen LogP contribution in [0.3, 0.4) is 0 Å². The maximum atomic E-state index is 12.0. The maximum Gasteiger partial charge on any atom is 0.325 e. The summed E-state index contributed by atoms with van der Waals surface area (Å²) < 4.78 is 10.3. The minimum Gasteiger partial charge on any atom is -0.468 e. The molecule has 0 spiro atoms. The molecular weight excluding hydrogens is 256 g/mol. The van der Waals surface area contributed by atoms with Crippen LogP contribution in [0.15, 0.2) is 0 Å². The second kappa shape index (κ2) is 11.1. The number of ether oxygens (including phenoxy) is 2. The summed E-state index contributed by atoms with van der Waals surface area (Å²) in [6.07, 6.45) is 1.73. The zero-order valence-corrected chi connectivity index (χ0v) is 13.8. The number of hydrogen-bond donors (Lipinski definition) is 1. The number of hydrogen-bond acceptors (Lipinski definition) is 5. The van der Waals surface area contributed by atoms with Crippen molar-refractivity contribution in [2.45, 2.75) is 46.1 Å². The van der Waals surface area contributed by atoms with E-state index < -0.39 is 5.54 Å². The van der Waals surface area contributed by atoms with Gasteiger partial charge in [0.05, 0.1) is 13.7 Å². The lowest BCUT2D eigenvalue weighted by Crippen LogP contribution is -2.52. The molecule has 1 N–H and O–H groups in total. The molecule has 0 aromatic rings. The summed E-state index contributed by atoms with van der Waals surface area (Å²) in [5, 5.41) is 3.31. The van der Waals surface area contributed by atoms with Gasteiger partial charge < -0.3 is 19.7 Å². The zero-order chi connectivity index (χ0) is 15.4. The summed E-state index contributed by atoms with van der Waals surface area (Å²) in [4.78, 5) is 14.3. The number of carbonyl (C=O) groups excluding carboxylic acids is 1. The molecule has 0 radical (unpaired) electrons. The van der Waals surface area contributed by atoms with Crippen molar-refractivity contribution in [2.24, 2.45) is 0 Å². The molecule has 120 valence electrons. The first-order valence-electron chi connectivity index (χ1n) is 7.67. The number of nitrogens with zero attached hydrogens (tertiary/aromatic N) is 1. The molecule has 0 aromatic carbocycles. The van der Waals surface area contributed by atoms with Gasteiger partial charge in [-0.25, -0.2) is 0 Å². The van der Waals surface area contributed by atoms with Crippen LogP contribution < -0.4 is 5.32 Å². The van der Waals surface area contributed by atoms with Gasteiger partial charge in [0.15, 0.2) is 0 Å². The summed E-state index contributed by atoms with van der Waals surface area (Å²) in [6.45, 7) is 13.1. The molecule has 20 heavy (non-hydrogen) atoms. The highest BCUT2D eigenvalue weighted by molar-refractivity contribution is 5.80. The molecule has 1 atom stereocenters. The van der Waals surface area contributed by atoms with Crippen molar-refractivity contribution in [3.63, 3.8) is 0 Å². The Balaban J connectivity index is 4.37. The summed E-state index contributed by atoms with van der Waals surface area (Å²) in [6, 6.07) is 0. The van der Waals surface area contributed by atoms with Crippen molar-refractivity contribution in [3.05, 3.63) is 0 Å². The van der Waals surface area contributed by atoms with Crippen molar-refractivity contribution >= 4 is 5.97 Å². The lowest BCUT2D eigenvalue weighted by Gasteiger charge is -2.31. The summed E-state index contributed by atoms with van der Waals surface area (Å²) in [7, 11) is 1.45. The van der Waals surface area contributed by atoms with Crippen LogP contribution >= 0.6 is 0 Å². The Kier molecular flexibility index (Phi) is 10.7. The van der Waals surface area contributed by atoms with Crippen LogP contribution in [0.25, 0.3) is 0 Å². The quantitative estimate of drug-likeness (QED) is 0.437. The Bertz CT molecular complexity index is 262. The minimum atomic E-state index is -0.607. The maximum absolute atomic E-state index is 12.0. The van der Waals surface area contributed by atoms with Crippen LogP contribution in [0.1, 0.15) is 40.5 Å². The Morgan fingerprint density at radius 1 is 1.25 bits per heavy atom. The number of nitrogens with one attached hydrogen (secondary N) is 1. The Morgan fingerprint density at radius 3 is 2.45 bits per heavy atom. The second-order valence-corrected chi connectivity index (χ2v) is 5.13. The summed E-state index contributed by atoms with van der Waals surface area (Å²) in [5.74, 6) is -0.188. The highest BCUT2D eigenvalue weighted by Crippen LogP contribution is 2.13. The normalized spacial score (nSPS) is 14.3. The van der Waals surface area contributed by atoms with E-state index in [0.29, 0.717) is 0 Å². The van der Waals surface area contributed by atoms with Gasteiger partial charge in [-0.05, 0) is 39.8 Å². The largest absolute Gasteiger partial charge is 0.468 e. The van der Waals surface area contributed by atoms with Crippen LogP contribution in [0.5, 0.6) is 0 Å². The molecule has 0 fully saturated rings. The molecule has 0 rings (SSSR count). The van der Waals surface area contributed by atoms with Gasteiger partial charge in [-0.3, -0.25) is 4.79 Å². The van der Waals surface area contributed by atoms with Gasteiger partial charge in [-0.2, -0.15) is 0 Å². The van der Waals surface area contributed by atoms with Crippen molar-refractivity contribution < 1.29 is 14.3 Å². The SMILES string of the molecule is CCCNC(C)(CCN(CC)CCOCC)C(=O)OC. The molecular formula is C15H32N2O3. The van der Waals surface area contributed by atoms with Crippen LogP contribution in [0.2, 0.25) is 0 Å². The zero-order valence-electron chi connectivity index (χ0n) is 13.8. The molecule has 1 unspecified atom stereocenters. The lowest BCUT2D eigenvalue weighted by molar-refractivity contribution is -0.148. The second-order valence-electron chi connectivity index (χ2n) is 5.13. The Morgan fingerprint density at radius 2 is 1.95 bits per heavy atom. The molecule has 0 aliphatic carbocycles. The smallest absolute Gasteiger partial charge is 0.325 e. The van der Waals surface area contributed by atoms with E-state index >= 15 is 0 Å². The first kappa shape index (κ1) is 19.4. The molecule has 0 saturated heterocycles. The first-order chi connectivity index (χ1) is 9.53. The van der Waals surface area contributed by atoms with Gasteiger partial charge in [0.2, 0.25) is 0 Å². The first-order valence-corrected chi connectivity index (χ1v) is 7.67. The highest BCUT2D eigenvalue weighted by atomic mass is 16.5. The standard InChI is InChI=1S/C15H32N2O3/c1-6-10-16-15(4,14(18)19-5)9-11-17(7-2)12-13-20-8-3/h16H,6-13H2,1-5H3. The van der Waals surface area contributed by atoms with Crippen molar-refractivity contribution in [1.82, 2.24) is 10.2 Å². The molecule has 0 heterocycles. The molecule has 5 heteroatoms. The summed E-state index contributed by atoms with van der Waals surface area (Å²) >= 11 is 0. The molecule has 0 amide bonds. The monoisotopic (exact) mass is 288 g/mol. The van der Waals surface area contributed by atoms with Gasteiger partial charge in [0.25, 0.3) is 0 Å². The van der Waals surface area contributed by atoms with E-state index in [4.69, 9.17) is 9.47 Å². The topological polar surface area (TPSA) is 50.8 Å². The van der Waals surface area contributed by atoms with Crippen LogP contribution in [0.4, 0.5) is 0 Å². The van der Waals surface area contributed by atoms with E-state index in [1.807, 2.05) is 13.8 Å². The highest BCUT2D eigenvalue weighted by Gasteiger charge is 2.33. The molecule has 0 aliphatic rings. The van der Waals surface area contributed by atoms with Crippen LogP contribution in [-0.2, 0) is 14.3 Å². The van der Waals surface area contributed by atoms with E-state index in [1.165, 1.54) is 7.11 Å². The summed E-state index contributed by atoms with van der Waals surface area (Å²) in [5.41, 5.74) is -0.607. The van der Waals surface area contributed by atoms with E-state index in [9.17, 15) is 4.79 Å². The number of carbonyl (C=O) groups is 1. The van der Waals surface area contributed by atoms with Gasteiger partial charge in [-0.15, -0.1) is 0 Å². The van der Waals surface area contributed by atoms with Crippen molar-refractivity contribution in [2.75, 3.05) is 46.5 Å². The number of likely N-dealkylation sites (N-methyl/N-ethyl adjacent to an activating group) is 1. The van der Waals surface area contributed by atoms with Gasteiger partial charge in [-0.1, -0.05) is 13.8 Å². The molecule has 0 saturated carbocycles. The fourth-order valence-electron chi connectivity index (χ4n) is 2.04. The number of esters is 1. The van der Waals surface area contributed by atoms with Crippen LogP contribution in [-0.4, -0.2) is 62.9 Å². The molecule has 0 aromatic heterocycles. The third-order valence-corrected chi connectivity index (χ3v) is 3.53. The average molecular weight is 288 g/mol. The van der Waals surface area contributed by atoms with E-state index in [0.717, 1.165) is 52.2 Å². The van der Waals surface area contributed by atoms with E-state index in [1.54, 1.807) is 0 Å². The minimum absolute atomic E-state index is 0.188. The Hall–Kier alpha value is -0.650. The van der Waals surface area contributed by atoms with Gasteiger partial charge >= 0.3 is 5.97 Å². The molecule has 5 nitrogen and oxygen atoms in total. The molecule has 0 bridgehead atoms. The fraction of sp³-hybridized carbons (Fsp3) is 0.933. The van der Waals surface area contributed by atoms with Gasteiger partial charge in [0.1, 0.15) is 5.54 Å². The molecule has 0 aliphatic heterocycles. The third kappa shape index (κ3) is 7.22. The number of rotatable bonds is 12. The van der Waals surface area contributed by atoms with Crippen LogP contribution in [0, 0.1) is 0 Å². The van der Waals surface area contributed by atoms with Crippen molar-refractivity contribution in [3.8, 4) is 0 Å². The fourth-order valence-corrected chi connectivity index (χ4v) is 2.04. The van der Waals surface area contributed by atoms with Crippen molar-refractivity contribution in [1.29, 1.82) is 0 Å². The average Bonchev–Trinajstić information content (AvgIpc) is 2.47. The number of methoxy groups -OCH3 is 1. The third-order valence-electron chi connectivity index (χ3n) is 3.53. The predicted molar refractivity (Wildman–Crippen MR) is 81.9 cm³/mol. The lowest BCUT2D eigenvalue weighted by atomic mass is 9.97. The predicted octanol–water partition coefficient (Wildman–Crippen LogP) is 1.67. The van der Waals surface area contributed by atoms with E-state index in [-0.39, 0.29) is 5.97 Å². The van der Waals surface area contributed by atoms with Gasteiger partial charge in [0, 0.05) is 19.7 Å². The Labute approximate surface area is 124 Å².